The van der Waals surface area contributed by atoms with Gasteiger partial charge in [0, 0.05) is 24.2 Å². The molecule has 3 aromatic carbocycles. The fourth-order valence-electron chi connectivity index (χ4n) is 6.39. The summed E-state index contributed by atoms with van der Waals surface area (Å²) < 4.78 is 16.7. The number of pyridine rings is 1. The van der Waals surface area contributed by atoms with Gasteiger partial charge in [-0.25, -0.2) is 14.6 Å². The van der Waals surface area contributed by atoms with Gasteiger partial charge in [0.1, 0.15) is 17.7 Å². The molecule has 0 aliphatic carbocycles. The lowest BCUT2D eigenvalue weighted by Crippen LogP contribution is -2.38. The van der Waals surface area contributed by atoms with Crippen LogP contribution >= 0.6 is 0 Å². The molecule has 0 spiro atoms. The molecule has 4 aromatic rings. The Hall–Kier alpha value is -4.85. The Kier molecular flexibility index (Phi) is 8.23. The van der Waals surface area contributed by atoms with Gasteiger partial charge in [-0.2, -0.15) is 0 Å². The molecule has 2 saturated heterocycles. The van der Waals surface area contributed by atoms with Crippen molar-refractivity contribution in [2.75, 3.05) is 32.2 Å². The Morgan fingerprint density at radius 3 is 2.29 bits per heavy atom. The molecule has 2 aliphatic heterocycles. The lowest BCUT2D eigenvalue weighted by Gasteiger charge is -2.33. The van der Waals surface area contributed by atoms with Gasteiger partial charge in [-0.1, -0.05) is 41.5 Å². The molecule has 8 nitrogen and oxygen atoms in total. The summed E-state index contributed by atoms with van der Waals surface area (Å²) in [6.45, 7) is 10.3. The fraction of sp³-hybridized carbons (Fsp3) is 0.324. The highest BCUT2D eigenvalue weighted by Gasteiger charge is 2.40. The monoisotopic (exact) mass is 605 g/mol. The van der Waals surface area contributed by atoms with Crippen LogP contribution in [-0.2, 0) is 16.0 Å². The van der Waals surface area contributed by atoms with Crippen LogP contribution in [0.3, 0.4) is 0 Å². The molecule has 1 amide bonds. The number of amides is 1. The van der Waals surface area contributed by atoms with E-state index in [1.54, 1.807) is 18.1 Å². The molecule has 1 aromatic heterocycles. The molecule has 232 valence electrons. The van der Waals surface area contributed by atoms with E-state index in [4.69, 9.17) is 19.2 Å². The third-order valence-electron chi connectivity index (χ3n) is 8.87. The standard InChI is InChI=1S/C37H39N3O5/c1-22-16-23(2)18-28(17-22)35-25(4)40(37(42)45-35)21-32-30(11-13-34(38-32)39-14-7-15-39)31-20-26(9-12-33(31)43-5)29-10-8-27(19-24(29)3)36(41)44-6/h8-13,16-20,25,35H,7,14-15,21H2,1-6H3. The summed E-state index contributed by atoms with van der Waals surface area (Å²) in [4.78, 5) is 34.6. The summed E-state index contributed by atoms with van der Waals surface area (Å²) in [5, 5.41) is 0. The average Bonchev–Trinajstić information content (AvgIpc) is 3.27. The Bertz CT molecular complexity index is 1760. The van der Waals surface area contributed by atoms with Gasteiger partial charge < -0.3 is 19.1 Å². The number of aryl methyl sites for hydroxylation is 3. The molecule has 2 fully saturated rings. The van der Waals surface area contributed by atoms with Crippen molar-refractivity contribution in [3.63, 3.8) is 0 Å². The van der Waals surface area contributed by atoms with E-state index in [-0.39, 0.29) is 24.2 Å². The number of ether oxygens (including phenoxy) is 3. The van der Waals surface area contributed by atoms with E-state index in [2.05, 4.69) is 49.1 Å². The van der Waals surface area contributed by atoms with Crippen LogP contribution in [0, 0.1) is 20.8 Å². The van der Waals surface area contributed by atoms with Crippen molar-refractivity contribution >= 4 is 17.9 Å². The highest BCUT2D eigenvalue weighted by Crippen LogP contribution is 2.40. The van der Waals surface area contributed by atoms with Crippen molar-refractivity contribution < 1.29 is 23.8 Å². The largest absolute Gasteiger partial charge is 0.496 e. The number of carbonyl (C=O) groups excluding carboxylic acids is 2. The first-order chi connectivity index (χ1) is 21.7. The molecule has 8 heteroatoms. The normalized spacial score (nSPS) is 17.6. The van der Waals surface area contributed by atoms with Gasteiger partial charge in [-0.15, -0.1) is 0 Å². The Morgan fingerprint density at radius 2 is 1.64 bits per heavy atom. The molecule has 0 radical (unpaired) electrons. The zero-order valence-electron chi connectivity index (χ0n) is 26.7. The SMILES string of the molecule is COC(=O)c1ccc(-c2ccc(OC)c(-c3ccc(N4CCC4)nc3CN3C(=O)OC(c4cc(C)cc(C)c4)C3C)c2)c(C)c1. The number of aromatic nitrogens is 1. The second kappa shape index (κ2) is 12.3. The molecular weight excluding hydrogens is 566 g/mol. The molecule has 6 rings (SSSR count). The summed E-state index contributed by atoms with van der Waals surface area (Å²) in [6, 6.07) is 21.9. The van der Waals surface area contributed by atoms with Crippen LogP contribution in [0.2, 0.25) is 0 Å². The Labute approximate surface area is 264 Å². The van der Waals surface area contributed by atoms with Crippen LogP contribution in [-0.4, -0.2) is 55.3 Å². The van der Waals surface area contributed by atoms with Crippen molar-refractivity contribution in [3.8, 4) is 28.0 Å². The predicted octanol–water partition coefficient (Wildman–Crippen LogP) is 7.43. The van der Waals surface area contributed by atoms with Crippen molar-refractivity contribution in [1.82, 2.24) is 9.88 Å². The number of anilines is 1. The van der Waals surface area contributed by atoms with Crippen molar-refractivity contribution in [3.05, 3.63) is 100 Å². The number of rotatable bonds is 8. The number of methoxy groups -OCH3 is 2. The minimum atomic E-state index is -0.369. The number of benzene rings is 3. The topological polar surface area (TPSA) is 81.2 Å². The van der Waals surface area contributed by atoms with Crippen molar-refractivity contribution in [2.45, 2.75) is 52.8 Å². The number of hydrogen-bond donors (Lipinski definition) is 0. The molecule has 2 unspecified atom stereocenters. The number of carbonyl (C=O) groups is 2. The number of esters is 1. The van der Waals surface area contributed by atoms with Gasteiger partial charge in [-0.3, -0.25) is 4.90 Å². The number of hydrogen-bond acceptors (Lipinski definition) is 7. The van der Waals surface area contributed by atoms with E-state index in [0.29, 0.717) is 17.9 Å². The third-order valence-corrected chi connectivity index (χ3v) is 8.87. The second-order valence-electron chi connectivity index (χ2n) is 12.0. The summed E-state index contributed by atoms with van der Waals surface area (Å²) in [6.07, 6.45) is 0.415. The molecule has 45 heavy (non-hydrogen) atoms. The highest BCUT2D eigenvalue weighted by atomic mass is 16.6. The van der Waals surface area contributed by atoms with Crippen molar-refractivity contribution in [2.24, 2.45) is 0 Å². The van der Waals surface area contributed by atoms with Gasteiger partial charge >= 0.3 is 12.1 Å². The molecule has 0 saturated carbocycles. The zero-order valence-corrected chi connectivity index (χ0v) is 26.7. The average molecular weight is 606 g/mol. The zero-order chi connectivity index (χ0) is 31.8. The predicted molar refractivity (Wildman–Crippen MR) is 175 cm³/mol. The smallest absolute Gasteiger partial charge is 0.411 e. The summed E-state index contributed by atoms with van der Waals surface area (Å²) in [5.74, 6) is 1.23. The maximum absolute atomic E-state index is 13.4. The van der Waals surface area contributed by atoms with Crippen LogP contribution in [0.4, 0.5) is 10.6 Å². The van der Waals surface area contributed by atoms with E-state index < -0.39 is 0 Å². The van der Waals surface area contributed by atoms with Crippen LogP contribution in [0.1, 0.15) is 57.8 Å². The van der Waals surface area contributed by atoms with E-state index in [1.807, 2.05) is 44.2 Å². The molecular formula is C37H39N3O5. The van der Waals surface area contributed by atoms with Gasteiger partial charge in [0.2, 0.25) is 0 Å². The fourth-order valence-corrected chi connectivity index (χ4v) is 6.39. The summed E-state index contributed by atoms with van der Waals surface area (Å²) in [7, 11) is 3.04. The second-order valence-corrected chi connectivity index (χ2v) is 12.0. The Morgan fingerprint density at radius 1 is 0.911 bits per heavy atom. The first-order valence-corrected chi connectivity index (χ1v) is 15.3. The first kappa shape index (κ1) is 30.2. The third kappa shape index (κ3) is 5.84. The minimum absolute atomic E-state index is 0.190. The minimum Gasteiger partial charge on any atom is -0.496 e. The first-order valence-electron chi connectivity index (χ1n) is 15.3. The van der Waals surface area contributed by atoms with E-state index in [0.717, 1.165) is 75.5 Å². The molecule has 2 atom stereocenters. The number of cyclic esters (lactones) is 1. The maximum atomic E-state index is 13.4. The quantitative estimate of drug-likeness (QED) is 0.193. The molecule has 0 bridgehead atoms. The van der Waals surface area contributed by atoms with E-state index >= 15 is 0 Å². The molecule has 3 heterocycles. The molecule has 2 aliphatic rings. The van der Waals surface area contributed by atoms with Crippen molar-refractivity contribution in [1.29, 1.82) is 0 Å². The maximum Gasteiger partial charge on any atom is 0.411 e. The Balaban J connectivity index is 1.40. The van der Waals surface area contributed by atoms with Crippen LogP contribution in [0.15, 0.2) is 66.7 Å². The lowest BCUT2D eigenvalue weighted by atomic mass is 9.93. The lowest BCUT2D eigenvalue weighted by molar-refractivity contribution is 0.0600. The highest BCUT2D eigenvalue weighted by molar-refractivity contribution is 5.91. The van der Waals surface area contributed by atoms with Gasteiger partial charge in [-0.05, 0) is 92.8 Å². The van der Waals surface area contributed by atoms with Crippen LogP contribution in [0.25, 0.3) is 22.3 Å². The van der Waals surface area contributed by atoms with Crippen LogP contribution < -0.4 is 9.64 Å². The van der Waals surface area contributed by atoms with Crippen LogP contribution in [0.5, 0.6) is 5.75 Å². The summed E-state index contributed by atoms with van der Waals surface area (Å²) >= 11 is 0. The van der Waals surface area contributed by atoms with Gasteiger partial charge in [0.05, 0.1) is 38.1 Å². The van der Waals surface area contributed by atoms with E-state index in [1.165, 1.54) is 7.11 Å². The number of nitrogens with zero attached hydrogens (tertiary/aromatic N) is 3. The summed E-state index contributed by atoms with van der Waals surface area (Å²) in [5.41, 5.74) is 9.23. The van der Waals surface area contributed by atoms with Gasteiger partial charge in [0.15, 0.2) is 0 Å². The van der Waals surface area contributed by atoms with Gasteiger partial charge in [0.25, 0.3) is 0 Å². The van der Waals surface area contributed by atoms with E-state index in [9.17, 15) is 9.59 Å². The molecule has 0 N–H and O–H groups in total.